The molecular formula is C14H27N3O2S. The van der Waals surface area contributed by atoms with Crippen molar-refractivity contribution in [1.29, 1.82) is 0 Å². The van der Waals surface area contributed by atoms with Crippen LogP contribution in [0.5, 0.6) is 0 Å². The van der Waals surface area contributed by atoms with E-state index in [4.69, 9.17) is 17.0 Å². The second-order valence-electron chi connectivity index (χ2n) is 6.33. The van der Waals surface area contributed by atoms with Gasteiger partial charge in [0.25, 0.3) is 0 Å². The minimum absolute atomic E-state index is 0.392. The fraction of sp³-hybridized carbons (Fsp3) is 0.857. The van der Waals surface area contributed by atoms with Gasteiger partial charge in [0.1, 0.15) is 5.60 Å². The Morgan fingerprint density at radius 3 is 2.35 bits per heavy atom. The summed E-state index contributed by atoms with van der Waals surface area (Å²) in [6.45, 7) is 11.0. The van der Waals surface area contributed by atoms with Gasteiger partial charge in [0.05, 0.1) is 0 Å². The first-order valence-electron chi connectivity index (χ1n) is 7.27. The van der Waals surface area contributed by atoms with Crippen LogP contribution in [-0.2, 0) is 4.74 Å². The summed E-state index contributed by atoms with van der Waals surface area (Å²) in [7, 11) is 0. The molecule has 1 heterocycles. The summed E-state index contributed by atoms with van der Waals surface area (Å²) in [4.78, 5) is 13.6. The molecular weight excluding hydrogens is 274 g/mol. The highest BCUT2D eigenvalue weighted by atomic mass is 32.1. The molecule has 1 rings (SSSR count). The van der Waals surface area contributed by atoms with E-state index in [1.807, 2.05) is 20.8 Å². The number of nitrogens with one attached hydrogen (secondary N) is 2. The first-order chi connectivity index (χ1) is 9.28. The highest BCUT2D eigenvalue weighted by Gasteiger charge is 2.18. The van der Waals surface area contributed by atoms with Crippen LogP contribution in [0.15, 0.2) is 0 Å². The molecule has 0 aromatic heterocycles. The van der Waals surface area contributed by atoms with Crippen LogP contribution < -0.4 is 10.6 Å². The van der Waals surface area contributed by atoms with Gasteiger partial charge in [-0.2, -0.15) is 0 Å². The number of thiocarbonyl (C=S) groups is 1. The number of amides is 1. The maximum atomic E-state index is 11.4. The average Bonchev–Trinajstić information content (AvgIpc) is 2.33. The molecule has 1 aliphatic rings. The average molecular weight is 301 g/mol. The molecule has 0 atom stereocenters. The summed E-state index contributed by atoms with van der Waals surface area (Å²) in [6.07, 6.45) is 1.99. The fourth-order valence-electron chi connectivity index (χ4n) is 1.97. The van der Waals surface area contributed by atoms with Crippen molar-refractivity contribution in [3.8, 4) is 0 Å². The minimum Gasteiger partial charge on any atom is -0.444 e. The minimum atomic E-state index is -0.461. The van der Waals surface area contributed by atoms with Crippen LogP contribution in [0.2, 0.25) is 0 Å². The van der Waals surface area contributed by atoms with Gasteiger partial charge >= 0.3 is 6.09 Å². The Hall–Kier alpha value is -1.04. The van der Waals surface area contributed by atoms with E-state index in [0.717, 1.165) is 24.1 Å². The number of rotatable bonds is 3. The normalized spacial score (nSPS) is 16.7. The Morgan fingerprint density at radius 1 is 1.25 bits per heavy atom. The summed E-state index contributed by atoms with van der Waals surface area (Å²) < 4.78 is 5.15. The Kier molecular flexibility index (Phi) is 6.52. The van der Waals surface area contributed by atoms with Crippen molar-refractivity contribution in [2.75, 3.05) is 26.2 Å². The van der Waals surface area contributed by atoms with Gasteiger partial charge in [-0.05, 0) is 51.7 Å². The van der Waals surface area contributed by atoms with Gasteiger partial charge in [-0.3, -0.25) is 0 Å². The van der Waals surface area contributed by atoms with E-state index in [0.29, 0.717) is 13.1 Å². The van der Waals surface area contributed by atoms with E-state index in [1.165, 1.54) is 12.8 Å². The molecule has 0 aromatic rings. The third-order valence-corrected chi connectivity index (χ3v) is 3.54. The lowest BCUT2D eigenvalue weighted by Gasteiger charge is -2.32. The molecule has 0 bridgehead atoms. The van der Waals surface area contributed by atoms with E-state index in [9.17, 15) is 4.79 Å². The maximum absolute atomic E-state index is 11.4. The molecule has 0 unspecified atom stereocenters. The molecule has 0 saturated carbocycles. The standard InChI is InChI=1S/C14H27N3O2S/c1-11-5-9-17(10-6-11)12(20)15-7-8-16-13(18)19-14(2,3)4/h11H,5-10H2,1-4H3,(H,15,20)(H,16,18). The van der Waals surface area contributed by atoms with Crippen LogP contribution in [0.1, 0.15) is 40.5 Å². The number of nitrogens with zero attached hydrogens (tertiary/aromatic N) is 1. The Balaban J connectivity index is 2.12. The van der Waals surface area contributed by atoms with Gasteiger partial charge in [0.2, 0.25) is 0 Å². The molecule has 2 N–H and O–H groups in total. The van der Waals surface area contributed by atoms with Crippen LogP contribution in [0.25, 0.3) is 0 Å². The van der Waals surface area contributed by atoms with E-state index in [-0.39, 0.29) is 0 Å². The SMILES string of the molecule is CC1CCN(C(=S)NCCNC(=O)OC(C)(C)C)CC1. The monoisotopic (exact) mass is 301 g/mol. The summed E-state index contributed by atoms with van der Waals surface area (Å²) in [5, 5.41) is 6.66. The van der Waals surface area contributed by atoms with Crippen molar-refractivity contribution in [3.05, 3.63) is 0 Å². The van der Waals surface area contributed by atoms with E-state index in [1.54, 1.807) is 0 Å². The summed E-state index contributed by atoms with van der Waals surface area (Å²) in [5.41, 5.74) is -0.461. The van der Waals surface area contributed by atoms with Crippen LogP contribution in [0, 0.1) is 5.92 Å². The number of hydrogen-bond acceptors (Lipinski definition) is 3. The molecule has 1 saturated heterocycles. The van der Waals surface area contributed by atoms with Gasteiger partial charge in [0, 0.05) is 26.2 Å². The summed E-state index contributed by atoms with van der Waals surface area (Å²) in [6, 6.07) is 0. The van der Waals surface area contributed by atoms with Gasteiger partial charge in [-0.25, -0.2) is 4.79 Å². The Labute approximate surface area is 127 Å². The molecule has 0 radical (unpaired) electrons. The van der Waals surface area contributed by atoms with E-state index < -0.39 is 11.7 Å². The molecule has 0 aromatic carbocycles. The molecule has 1 amide bonds. The van der Waals surface area contributed by atoms with E-state index in [2.05, 4.69) is 22.5 Å². The van der Waals surface area contributed by atoms with Crippen LogP contribution in [0.3, 0.4) is 0 Å². The lowest BCUT2D eigenvalue weighted by Crippen LogP contribution is -2.46. The third kappa shape index (κ3) is 6.93. The number of piperidine rings is 1. The summed E-state index contributed by atoms with van der Waals surface area (Å²) in [5.74, 6) is 0.794. The molecule has 0 aliphatic carbocycles. The quantitative estimate of drug-likeness (QED) is 0.618. The predicted octanol–water partition coefficient (Wildman–Crippen LogP) is 2.12. The van der Waals surface area contributed by atoms with Crippen LogP contribution in [0.4, 0.5) is 4.79 Å². The number of carbonyl (C=O) groups is 1. The van der Waals surface area contributed by atoms with Gasteiger partial charge in [0.15, 0.2) is 5.11 Å². The maximum Gasteiger partial charge on any atom is 0.407 e. The van der Waals surface area contributed by atoms with Crippen LogP contribution in [-0.4, -0.2) is 47.9 Å². The fourth-order valence-corrected chi connectivity index (χ4v) is 2.26. The lowest BCUT2D eigenvalue weighted by atomic mass is 10.00. The highest BCUT2D eigenvalue weighted by Crippen LogP contribution is 2.15. The number of alkyl carbamates (subject to hydrolysis) is 1. The van der Waals surface area contributed by atoms with Crippen molar-refractivity contribution in [1.82, 2.24) is 15.5 Å². The van der Waals surface area contributed by atoms with Gasteiger partial charge in [-0.15, -0.1) is 0 Å². The van der Waals surface area contributed by atoms with Crippen LogP contribution >= 0.6 is 12.2 Å². The topological polar surface area (TPSA) is 53.6 Å². The van der Waals surface area contributed by atoms with E-state index >= 15 is 0 Å². The summed E-state index contributed by atoms with van der Waals surface area (Å²) >= 11 is 5.35. The third-order valence-electron chi connectivity index (χ3n) is 3.14. The molecule has 6 heteroatoms. The number of carbonyl (C=O) groups excluding carboxylic acids is 1. The zero-order valence-electron chi connectivity index (χ0n) is 13.0. The largest absolute Gasteiger partial charge is 0.444 e. The molecule has 1 fully saturated rings. The van der Waals surface area contributed by atoms with Crippen molar-refractivity contribution in [3.63, 3.8) is 0 Å². The molecule has 0 spiro atoms. The first-order valence-corrected chi connectivity index (χ1v) is 7.68. The second kappa shape index (κ2) is 7.67. The molecule has 1 aliphatic heterocycles. The second-order valence-corrected chi connectivity index (χ2v) is 6.72. The smallest absolute Gasteiger partial charge is 0.407 e. The van der Waals surface area contributed by atoms with Gasteiger partial charge < -0.3 is 20.3 Å². The molecule has 116 valence electrons. The van der Waals surface area contributed by atoms with Crippen molar-refractivity contribution in [2.45, 2.75) is 46.1 Å². The lowest BCUT2D eigenvalue weighted by molar-refractivity contribution is 0.0529. The first kappa shape index (κ1) is 17.0. The van der Waals surface area contributed by atoms with Crippen molar-refractivity contribution >= 4 is 23.4 Å². The van der Waals surface area contributed by atoms with Gasteiger partial charge in [-0.1, -0.05) is 6.92 Å². The zero-order chi connectivity index (χ0) is 15.2. The molecule has 5 nitrogen and oxygen atoms in total. The van der Waals surface area contributed by atoms with Crippen molar-refractivity contribution in [2.24, 2.45) is 5.92 Å². The highest BCUT2D eigenvalue weighted by molar-refractivity contribution is 7.80. The predicted molar refractivity (Wildman–Crippen MR) is 84.8 cm³/mol. The number of ether oxygens (including phenoxy) is 1. The Morgan fingerprint density at radius 2 is 1.80 bits per heavy atom. The zero-order valence-corrected chi connectivity index (χ0v) is 13.8. The molecule has 20 heavy (non-hydrogen) atoms. The number of likely N-dealkylation sites (tertiary alicyclic amines) is 1. The van der Waals surface area contributed by atoms with Crippen molar-refractivity contribution < 1.29 is 9.53 Å². The number of hydrogen-bond donors (Lipinski definition) is 2. The Bertz CT molecular complexity index is 334.